The fourth-order valence-electron chi connectivity index (χ4n) is 2.92. The van der Waals surface area contributed by atoms with Crippen molar-refractivity contribution in [1.82, 2.24) is 0 Å². The van der Waals surface area contributed by atoms with Gasteiger partial charge in [0.1, 0.15) is 11.6 Å². The lowest BCUT2D eigenvalue weighted by molar-refractivity contribution is -0.0300. The van der Waals surface area contributed by atoms with Crippen LogP contribution in [0.4, 0.5) is 0 Å². The van der Waals surface area contributed by atoms with Gasteiger partial charge in [0.05, 0.1) is 0 Å². The topological polar surface area (TPSA) is 21.6 Å². The summed E-state index contributed by atoms with van der Waals surface area (Å²) in [6.45, 7) is 8.85. The Balaban J connectivity index is 2.42. The highest BCUT2D eigenvalue weighted by Crippen LogP contribution is 2.46. The van der Waals surface area contributed by atoms with Crippen LogP contribution in [-0.4, -0.2) is 12.0 Å². The van der Waals surface area contributed by atoms with Crippen LogP contribution < -0.4 is 0 Å². The molecule has 0 aliphatic carbocycles. The molecular weight excluding hydrogens is 210 g/mol. The van der Waals surface area contributed by atoms with E-state index in [1.165, 1.54) is 5.56 Å². The first-order valence-electron chi connectivity index (χ1n) is 6.33. The van der Waals surface area contributed by atoms with Crippen molar-refractivity contribution in [2.24, 2.45) is 16.8 Å². The number of benzene rings is 1. The molecule has 1 unspecified atom stereocenters. The minimum atomic E-state index is -0.207. The first-order chi connectivity index (χ1) is 8.09. The summed E-state index contributed by atoms with van der Waals surface area (Å²) in [7, 11) is 0. The Bertz CT molecular complexity index is 387. The van der Waals surface area contributed by atoms with E-state index in [-0.39, 0.29) is 11.6 Å². The maximum Gasteiger partial charge on any atom is 0.171 e. The van der Waals surface area contributed by atoms with E-state index in [9.17, 15) is 0 Å². The zero-order chi connectivity index (χ0) is 12.5. The molecule has 1 atom stereocenters. The molecule has 1 aromatic carbocycles. The number of hydrogen-bond acceptors (Lipinski definition) is 2. The summed E-state index contributed by atoms with van der Waals surface area (Å²) in [5.74, 6) is 0.852. The minimum absolute atomic E-state index is 0.115. The lowest BCUT2D eigenvalue weighted by Gasteiger charge is -2.40. The second-order valence-electron chi connectivity index (χ2n) is 5.35. The van der Waals surface area contributed by atoms with Gasteiger partial charge in [-0.25, -0.2) is 4.99 Å². The van der Waals surface area contributed by atoms with Crippen LogP contribution in [0.1, 0.15) is 39.3 Å². The molecule has 0 spiro atoms. The van der Waals surface area contributed by atoms with E-state index in [4.69, 9.17) is 4.74 Å². The molecule has 1 aliphatic heterocycles. The van der Waals surface area contributed by atoms with Gasteiger partial charge in [-0.05, 0) is 17.4 Å². The van der Waals surface area contributed by atoms with E-state index in [0.717, 1.165) is 0 Å². The standard InChI is InChI=1S/C15H21NO/c1-11(2)15(12(3)4)14(16-10-17-15)13-8-6-5-7-9-13/h5-12,14H,1-4H3. The van der Waals surface area contributed by atoms with Crippen molar-refractivity contribution >= 4 is 6.40 Å². The predicted octanol–water partition coefficient (Wildman–Crippen LogP) is 3.84. The fourth-order valence-corrected chi connectivity index (χ4v) is 2.92. The molecular formula is C15H21NO. The van der Waals surface area contributed by atoms with Crippen molar-refractivity contribution in [3.63, 3.8) is 0 Å². The molecule has 0 amide bonds. The molecule has 0 fully saturated rings. The van der Waals surface area contributed by atoms with E-state index in [2.05, 4.69) is 57.0 Å². The third-order valence-corrected chi connectivity index (χ3v) is 3.81. The largest absolute Gasteiger partial charge is 0.474 e. The van der Waals surface area contributed by atoms with Gasteiger partial charge in [0.25, 0.3) is 0 Å². The quantitative estimate of drug-likeness (QED) is 0.774. The number of rotatable bonds is 3. The maximum atomic E-state index is 5.94. The zero-order valence-electron chi connectivity index (χ0n) is 11.1. The van der Waals surface area contributed by atoms with Gasteiger partial charge in [-0.2, -0.15) is 0 Å². The Labute approximate surface area is 104 Å². The summed E-state index contributed by atoms with van der Waals surface area (Å²) in [6, 6.07) is 10.6. The van der Waals surface area contributed by atoms with Crippen molar-refractivity contribution in [3.05, 3.63) is 35.9 Å². The lowest BCUT2D eigenvalue weighted by atomic mass is 9.73. The van der Waals surface area contributed by atoms with Gasteiger partial charge < -0.3 is 4.74 Å². The van der Waals surface area contributed by atoms with Crippen LogP contribution in [0, 0.1) is 11.8 Å². The van der Waals surface area contributed by atoms with E-state index in [0.29, 0.717) is 11.8 Å². The number of hydrogen-bond donors (Lipinski definition) is 0. The monoisotopic (exact) mass is 231 g/mol. The number of aliphatic imine (C=N–C) groups is 1. The van der Waals surface area contributed by atoms with Crippen LogP contribution in [0.25, 0.3) is 0 Å². The fraction of sp³-hybridized carbons (Fsp3) is 0.533. The first-order valence-corrected chi connectivity index (χ1v) is 6.33. The van der Waals surface area contributed by atoms with E-state index in [1.54, 1.807) is 6.40 Å². The summed E-state index contributed by atoms with van der Waals surface area (Å²) in [5.41, 5.74) is 1.03. The van der Waals surface area contributed by atoms with Gasteiger partial charge in [-0.15, -0.1) is 0 Å². The Hall–Kier alpha value is -1.31. The average Bonchev–Trinajstić information content (AvgIpc) is 2.75. The van der Waals surface area contributed by atoms with Gasteiger partial charge in [0, 0.05) is 0 Å². The van der Waals surface area contributed by atoms with Gasteiger partial charge in [-0.1, -0.05) is 58.0 Å². The Kier molecular flexibility index (Phi) is 3.23. The van der Waals surface area contributed by atoms with Crippen molar-refractivity contribution < 1.29 is 4.74 Å². The van der Waals surface area contributed by atoms with Crippen molar-refractivity contribution in [2.45, 2.75) is 39.3 Å². The molecule has 1 heterocycles. The molecule has 2 rings (SSSR count). The van der Waals surface area contributed by atoms with Gasteiger partial charge in [0.2, 0.25) is 0 Å². The number of nitrogens with zero attached hydrogens (tertiary/aromatic N) is 1. The highest BCUT2D eigenvalue weighted by atomic mass is 16.5. The third-order valence-electron chi connectivity index (χ3n) is 3.81. The third kappa shape index (κ3) is 1.86. The predicted molar refractivity (Wildman–Crippen MR) is 71.2 cm³/mol. The molecule has 1 aliphatic rings. The van der Waals surface area contributed by atoms with E-state index < -0.39 is 0 Å². The van der Waals surface area contributed by atoms with Crippen LogP contribution in [0.2, 0.25) is 0 Å². The van der Waals surface area contributed by atoms with Crippen LogP contribution in [0.15, 0.2) is 35.3 Å². The van der Waals surface area contributed by atoms with E-state index >= 15 is 0 Å². The average molecular weight is 231 g/mol. The van der Waals surface area contributed by atoms with Gasteiger partial charge in [0.15, 0.2) is 6.40 Å². The Morgan fingerprint density at radius 1 is 1.06 bits per heavy atom. The lowest BCUT2D eigenvalue weighted by Crippen LogP contribution is -2.45. The molecule has 0 radical (unpaired) electrons. The maximum absolute atomic E-state index is 5.94. The molecule has 2 heteroatoms. The van der Waals surface area contributed by atoms with Crippen LogP contribution in [-0.2, 0) is 4.74 Å². The summed E-state index contributed by atoms with van der Waals surface area (Å²) in [6.07, 6.45) is 1.64. The molecule has 17 heavy (non-hydrogen) atoms. The Morgan fingerprint density at radius 2 is 1.65 bits per heavy atom. The summed E-state index contributed by atoms with van der Waals surface area (Å²) in [5, 5.41) is 0. The second kappa shape index (κ2) is 4.52. The first kappa shape index (κ1) is 12.2. The van der Waals surface area contributed by atoms with Crippen LogP contribution >= 0.6 is 0 Å². The van der Waals surface area contributed by atoms with Crippen LogP contribution in [0.5, 0.6) is 0 Å². The smallest absolute Gasteiger partial charge is 0.171 e. The van der Waals surface area contributed by atoms with Crippen molar-refractivity contribution in [1.29, 1.82) is 0 Å². The van der Waals surface area contributed by atoms with Gasteiger partial charge >= 0.3 is 0 Å². The molecule has 0 N–H and O–H groups in total. The summed E-state index contributed by atoms with van der Waals surface area (Å²) in [4.78, 5) is 4.55. The van der Waals surface area contributed by atoms with Crippen molar-refractivity contribution in [3.8, 4) is 0 Å². The summed E-state index contributed by atoms with van der Waals surface area (Å²) < 4.78 is 5.94. The molecule has 0 bridgehead atoms. The minimum Gasteiger partial charge on any atom is -0.474 e. The molecule has 0 saturated carbocycles. The Morgan fingerprint density at radius 3 is 2.18 bits per heavy atom. The molecule has 0 aromatic heterocycles. The SMILES string of the molecule is CC(C)C1(C(C)C)OC=NC1c1ccccc1. The summed E-state index contributed by atoms with van der Waals surface area (Å²) >= 11 is 0. The zero-order valence-corrected chi connectivity index (χ0v) is 11.1. The molecule has 0 saturated heterocycles. The molecule has 92 valence electrons. The van der Waals surface area contributed by atoms with Crippen LogP contribution in [0.3, 0.4) is 0 Å². The van der Waals surface area contributed by atoms with Gasteiger partial charge in [-0.3, -0.25) is 0 Å². The highest BCUT2D eigenvalue weighted by Gasteiger charge is 2.49. The van der Waals surface area contributed by atoms with E-state index in [1.807, 2.05) is 6.07 Å². The van der Waals surface area contributed by atoms with Crippen molar-refractivity contribution in [2.75, 3.05) is 0 Å². The second-order valence-corrected chi connectivity index (χ2v) is 5.35. The molecule has 1 aromatic rings. The highest BCUT2D eigenvalue weighted by molar-refractivity contribution is 5.53. The normalized spacial score (nSPS) is 22.1. The molecule has 2 nitrogen and oxygen atoms in total. The number of ether oxygens (including phenoxy) is 1.